The van der Waals surface area contributed by atoms with E-state index in [9.17, 15) is 8.78 Å². The predicted molar refractivity (Wildman–Crippen MR) is 99.7 cm³/mol. The van der Waals surface area contributed by atoms with Gasteiger partial charge in [0.1, 0.15) is 17.4 Å². The number of nitrogens with zero attached hydrogens (tertiary/aromatic N) is 2. The van der Waals surface area contributed by atoms with Crippen LogP contribution < -0.4 is 0 Å². The number of aryl methyl sites for hydroxylation is 2. The third-order valence-corrected chi connectivity index (χ3v) is 4.88. The number of hydrogen-bond acceptors (Lipinski definition) is 2. The molecule has 0 amide bonds. The van der Waals surface area contributed by atoms with Gasteiger partial charge in [0.05, 0.1) is 12.8 Å². The maximum absolute atomic E-state index is 14.4. The number of benzene rings is 1. The molecule has 3 rings (SSSR count). The molecule has 0 aliphatic heterocycles. The SMILES string of the molecule is CCCc1ccc(-c2nc(C)c(C)n2C2=CC(F)=C(OC)CC2)cc1F. The fraction of sp³-hybridized carbons (Fsp3) is 0.381. The van der Waals surface area contributed by atoms with Crippen LogP contribution in [0.3, 0.4) is 0 Å². The van der Waals surface area contributed by atoms with Gasteiger partial charge in [0, 0.05) is 23.4 Å². The molecular weight excluding hydrogens is 334 g/mol. The normalized spacial score (nSPS) is 14.6. The highest BCUT2D eigenvalue weighted by atomic mass is 19.1. The third-order valence-electron chi connectivity index (χ3n) is 4.88. The Balaban J connectivity index is 2.10. The number of imidazole rings is 1. The molecule has 1 aromatic heterocycles. The van der Waals surface area contributed by atoms with Crippen LogP contribution in [0.1, 0.15) is 43.1 Å². The molecule has 0 atom stereocenters. The quantitative estimate of drug-likeness (QED) is 0.683. The zero-order valence-corrected chi connectivity index (χ0v) is 15.7. The van der Waals surface area contributed by atoms with E-state index in [0.29, 0.717) is 42.0 Å². The van der Waals surface area contributed by atoms with Gasteiger partial charge in [-0.1, -0.05) is 25.5 Å². The topological polar surface area (TPSA) is 27.1 Å². The average Bonchev–Trinajstić information content (AvgIpc) is 2.92. The molecule has 1 heterocycles. The van der Waals surface area contributed by atoms with Gasteiger partial charge in [0.2, 0.25) is 0 Å². The first-order valence-corrected chi connectivity index (χ1v) is 8.94. The van der Waals surface area contributed by atoms with E-state index in [-0.39, 0.29) is 11.6 Å². The standard InChI is InChI=1S/C21H24F2N2O/c1-5-6-15-7-8-16(11-18(15)22)21-24-13(2)14(3)25(21)17-9-10-20(26-4)19(23)12-17/h7-8,11-12H,5-6,9-10H2,1-4H3. The van der Waals surface area contributed by atoms with Crippen molar-refractivity contribution in [1.29, 1.82) is 0 Å². The summed E-state index contributed by atoms with van der Waals surface area (Å²) in [5, 5.41) is 0. The summed E-state index contributed by atoms with van der Waals surface area (Å²) in [5.74, 6) is 0.413. The Morgan fingerprint density at radius 2 is 1.96 bits per heavy atom. The molecule has 3 nitrogen and oxygen atoms in total. The second-order valence-electron chi connectivity index (χ2n) is 6.61. The lowest BCUT2D eigenvalue weighted by molar-refractivity contribution is 0.262. The van der Waals surface area contributed by atoms with Crippen molar-refractivity contribution in [2.24, 2.45) is 0 Å². The smallest absolute Gasteiger partial charge is 0.162 e. The summed E-state index contributed by atoms with van der Waals surface area (Å²) in [6.45, 7) is 5.88. The zero-order valence-electron chi connectivity index (χ0n) is 15.7. The minimum absolute atomic E-state index is 0.223. The maximum Gasteiger partial charge on any atom is 0.162 e. The number of rotatable bonds is 5. The van der Waals surface area contributed by atoms with Crippen molar-refractivity contribution in [3.8, 4) is 11.4 Å². The maximum atomic E-state index is 14.4. The van der Waals surface area contributed by atoms with E-state index in [2.05, 4.69) is 4.98 Å². The zero-order chi connectivity index (χ0) is 18.8. The molecule has 0 radical (unpaired) electrons. The monoisotopic (exact) mass is 358 g/mol. The largest absolute Gasteiger partial charge is 0.498 e. The highest BCUT2D eigenvalue weighted by Gasteiger charge is 2.21. The molecule has 1 aromatic carbocycles. The fourth-order valence-corrected chi connectivity index (χ4v) is 3.35. The Hall–Kier alpha value is -2.43. The summed E-state index contributed by atoms with van der Waals surface area (Å²) in [6, 6.07) is 5.23. The van der Waals surface area contributed by atoms with Crippen LogP contribution in [0.15, 0.2) is 35.9 Å². The number of methoxy groups -OCH3 is 1. The molecule has 0 fully saturated rings. The van der Waals surface area contributed by atoms with E-state index in [1.807, 2.05) is 37.5 Å². The average molecular weight is 358 g/mol. The van der Waals surface area contributed by atoms with Crippen molar-refractivity contribution < 1.29 is 13.5 Å². The van der Waals surface area contributed by atoms with Gasteiger partial charge in [-0.05, 0) is 44.4 Å². The molecule has 0 spiro atoms. The van der Waals surface area contributed by atoms with Gasteiger partial charge >= 0.3 is 0 Å². The van der Waals surface area contributed by atoms with Crippen LogP contribution in [-0.2, 0) is 11.2 Å². The van der Waals surface area contributed by atoms with Crippen LogP contribution in [0.25, 0.3) is 17.1 Å². The van der Waals surface area contributed by atoms with E-state index < -0.39 is 0 Å². The predicted octanol–water partition coefficient (Wildman–Crippen LogP) is 5.72. The van der Waals surface area contributed by atoms with Crippen molar-refractivity contribution in [3.63, 3.8) is 0 Å². The van der Waals surface area contributed by atoms with Gasteiger partial charge in [-0.3, -0.25) is 0 Å². The Kier molecular flexibility index (Phi) is 5.25. The van der Waals surface area contributed by atoms with Crippen LogP contribution >= 0.6 is 0 Å². The van der Waals surface area contributed by atoms with E-state index in [0.717, 1.165) is 23.5 Å². The highest BCUT2D eigenvalue weighted by molar-refractivity contribution is 5.66. The lowest BCUT2D eigenvalue weighted by Crippen LogP contribution is -2.07. The van der Waals surface area contributed by atoms with Crippen LogP contribution in [0.4, 0.5) is 8.78 Å². The first kappa shape index (κ1) is 18.4. The van der Waals surface area contributed by atoms with E-state index in [1.165, 1.54) is 19.3 Å². The van der Waals surface area contributed by atoms with E-state index >= 15 is 0 Å². The highest BCUT2D eigenvalue weighted by Crippen LogP contribution is 2.34. The Bertz CT molecular complexity index is 894. The number of ether oxygens (including phenoxy) is 1. The van der Waals surface area contributed by atoms with E-state index in [4.69, 9.17) is 4.74 Å². The molecule has 0 saturated heterocycles. The number of aromatic nitrogens is 2. The minimum Gasteiger partial charge on any atom is -0.498 e. The molecule has 138 valence electrons. The molecule has 26 heavy (non-hydrogen) atoms. The van der Waals surface area contributed by atoms with Crippen LogP contribution in [0, 0.1) is 19.7 Å². The van der Waals surface area contributed by atoms with Crippen LogP contribution in [-0.4, -0.2) is 16.7 Å². The second kappa shape index (κ2) is 7.44. The minimum atomic E-state index is -0.366. The van der Waals surface area contributed by atoms with E-state index in [1.54, 1.807) is 0 Å². The summed E-state index contributed by atoms with van der Waals surface area (Å²) < 4.78 is 35.7. The summed E-state index contributed by atoms with van der Waals surface area (Å²) >= 11 is 0. The number of hydrogen-bond donors (Lipinski definition) is 0. The van der Waals surface area contributed by atoms with Crippen molar-refractivity contribution in [2.45, 2.75) is 46.5 Å². The molecule has 2 aromatic rings. The van der Waals surface area contributed by atoms with Crippen molar-refractivity contribution in [3.05, 3.63) is 58.6 Å². The lowest BCUT2D eigenvalue weighted by atomic mass is 10.1. The number of halogens is 2. The molecule has 0 unspecified atom stereocenters. The van der Waals surface area contributed by atoms with Crippen LogP contribution in [0.2, 0.25) is 0 Å². The number of allylic oxidation sites excluding steroid dienone is 4. The lowest BCUT2D eigenvalue weighted by Gasteiger charge is -2.19. The molecule has 0 saturated carbocycles. The summed E-state index contributed by atoms with van der Waals surface area (Å²) in [4.78, 5) is 4.62. The summed E-state index contributed by atoms with van der Waals surface area (Å²) in [7, 11) is 1.48. The molecule has 1 aliphatic carbocycles. The molecule has 5 heteroatoms. The molecular formula is C21H24F2N2O. The Morgan fingerprint density at radius 1 is 1.19 bits per heavy atom. The fourth-order valence-electron chi connectivity index (χ4n) is 3.35. The molecule has 0 N–H and O–H groups in total. The Labute approximate surface area is 153 Å². The van der Waals surface area contributed by atoms with Crippen molar-refractivity contribution >= 4 is 5.70 Å². The molecule has 0 bridgehead atoms. The van der Waals surface area contributed by atoms with Crippen molar-refractivity contribution in [2.75, 3.05) is 7.11 Å². The first-order chi connectivity index (χ1) is 12.5. The van der Waals surface area contributed by atoms with Crippen LogP contribution in [0.5, 0.6) is 0 Å². The summed E-state index contributed by atoms with van der Waals surface area (Å²) in [5.41, 5.74) is 3.98. The summed E-state index contributed by atoms with van der Waals surface area (Å²) in [6.07, 6.45) is 4.22. The van der Waals surface area contributed by atoms with Crippen molar-refractivity contribution in [1.82, 2.24) is 9.55 Å². The van der Waals surface area contributed by atoms with Gasteiger partial charge < -0.3 is 9.30 Å². The van der Waals surface area contributed by atoms with Gasteiger partial charge in [-0.25, -0.2) is 13.8 Å². The van der Waals surface area contributed by atoms with Gasteiger partial charge in [-0.2, -0.15) is 0 Å². The van der Waals surface area contributed by atoms with Gasteiger partial charge in [0.25, 0.3) is 0 Å². The molecule has 1 aliphatic rings. The second-order valence-corrected chi connectivity index (χ2v) is 6.61. The Morgan fingerprint density at radius 3 is 2.58 bits per heavy atom. The first-order valence-electron chi connectivity index (χ1n) is 8.94. The third kappa shape index (κ3) is 3.30. The van der Waals surface area contributed by atoms with Gasteiger partial charge in [0.15, 0.2) is 5.83 Å². The van der Waals surface area contributed by atoms with Gasteiger partial charge in [-0.15, -0.1) is 0 Å².